The molecule has 1 heterocycles. The van der Waals surface area contributed by atoms with Gasteiger partial charge < -0.3 is 9.84 Å². The first-order valence-electron chi connectivity index (χ1n) is 8.43. The van der Waals surface area contributed by atoms with Gasteiger partial charge in [0.05, 0.1) is 0 Å². The van der Waals surface area contributed by atoms with E-state index in [4.69, 9.17) is 4.74 Å². The normalized spacial score (nSPS) is 13.2. The topological polar surface area (TPSA) is 54.7 Å². The van der Waals surface area contributed by atoms with Crippen molar-refractivity contribution in [2.45, 2.75) is 59.2 Å². The lowest BCUT2D eigenvalue weighted by atomic mass is 10.1. The molecule has 0 unspecified atom stereocenters. The largest absolute Gasteiger partial charge is 0.428 e. The van der Waals surface area contributed by atoms with E-state index in [1.54, 1.807) is 12.3 Å². The number of hydrogen-bond donors (Lipinski definition) is 1. The third-order valence-electron chi connectivity index (χ3n) is 3.92. The summed E-state index contributed by atoms with van der Waals surface area (Å²) in [6.07, 6.45) is -0.415. The van der Waals surface area contributed by atoms with Gasteiger partial charge >= 0.3 is 6.11 Å². The van der Waals surface area contributed by atoms with Gasteiger partial charge in [-0.15, -0.1) is 11.3 Å². The first kappa shape index (κ1) is 20.5. The Hall–Kier alpha value is -1.86. The Balaban J connectivity index is 2.57. The molecule has 0 atom stereocenters. The molecule has 2 aromatic rings. The summed E-state index contributed by atoms with van der Waals surface area (Å²) in [6.45, 7) is 7.71. The highest BCUT2D eigenvalue weighted by atomic mass is 32.1. The van der Waals surface area contributed by atoms with Crippen molar-refractivity contribution < 1.29 is 18.6 Å². The van der Waals surface area contributed by atoms with Crippen LogP contribution in [0.1, 0.15) is 46.1 Å². The summed E-state index contributed by atoms with van der Waals surface area (Å²) in [7, 11) is 0. The fourth-order valence-electron chi connectivity index (χ4n) is 2.36. The number of aromatic nitrogens is 1. The number of halogens is 2. The lowest BCUT2D eigenvalue weighted by Gasteiger charge is -2.29. The Morgan fingerprint density at radius 2 is 2.04 bits per heavy atom. The standard InChI is InChI=1S/C19H24F2N2O2S/c1-6-7-12(2)23-16-13(3)14(17-22-10-11-26-17)8-9-15(16)25-19(20,21)18(4,5)24/h8-11,24H,6-7H2,1-5H3. The molecule has 1 N–H and O–H groups in total. The van der Waals surface area contributed by atoms with Crippen molar-refractivity contribution >= 4 is 22.7 Å². The Morgan fingerprint density at radius 1 is 1.35 bits per heavy atom. The van der Waals surface area contributed by atoms with Crippen molar-refractivity contribution in [3.63, 3.8) is 0 Å². The summed E-state index contributed by atoms with van der Waals surface area (Å²) in [5, 5.41) is 12.4. The number of ether oxygens (including phenoxy) is 1. The van der Waals surface area contributed by atoms with Gasteiger partial charge in [-0.25, -0.2) is 4.98 Å². The molecular formula is C19H24F2N2O2S. The van der Waals surface area contributed by atoms with Gasteiger partial charge in [0.25, 0.3) is 0 Å². The highest BCUT2D eigenvalue weighted by Gasteiger charge is 2.49. The highest BCUT2D eigenvalue weighted by molar-refractivity contribution is 7.13. The summed E-state index contributed by atoms with van der Waals surface area (Å²) >= 11 is 1.46. The number of aliphatic hydroxyl groups is 1. The lowest BCUT2D eigenvalue weighted by Crippen LogP contribution is -2.47. The molecule has 0 bridgehead atoms. The number of aliphatic imine (C=N–C) groups is 1. The monoisotopic (exact) mass is 382 g/mol. The van der Waals surface area contributed by atoms with Gasteiger partial charge in [0.2, 0.25) is 0 Å². The molecule has 0 aliphatic heterocycles. The third kappa shape index (κ3) is 4.45. The number of hydrogen-bond acceptors (Lipinski definition) is 5. The maximum atomic E-state index is 14.3. The zero-order valence-corrected chi connectivity index (χ0v) is 16.5. The van der Waals surface area contributed by atoms with Crippen LogP contribution in [-0.4, -0.2) is 27.5 Å². The van der Waals surface area contributed by atoms with Crippen LogP contribution in [-0.2, 0) is 0 Å². The summed E-state index contributed by atoms with van der Waals surface area (Å²) in [5.74, 6) is -0.0645. The molecule has 0 saturated heterocycles. The van der Waals surface area contributed by atoms with E-state index in [0.29, 0.717) is 11.3 Å². The number of nitrogens with zero attached hydrogens (tertiary/aromatic N) is 2. The Morgan fingerprint density at radius 3 is 2.58 bits per heavy atom. The number of alkyl halides is 2. The van der Waals surface area contributed by atoms with E-state index >= 15 is 0 Å². The van der Waals surface area contributed by atoms with Gasteiger partial charge in [0.1, 0.15) is 10.7 Å². The predicted molar refractivity (Wildman–Crippen MR) is 102 cm³/mol. The van der Waals surface area contributed by atoms with Gasteiger partial charge in [0, 0.05) is 22.9 Å². The fourth-order valence-corrected chi connectivity index (χ4v) is 3.08. The number of benzene rings is 1. The van der Waals surface area contributed by atoms with Gasteiger partial charge in [-0.2, -0.15) is 8.78 Å². The highest BCUT2D eigenvalue weighted by Crippen LogP contribution is 2.42. The average Bonchev–Trinajstić information content (AvgIpc) is 3.04. The second-order valence-electron chi connectivity index (χ2n) is 6.70. The zero-order chi connectivity index (χ0) is 19.5. The van der Waals surface area contributed by atoms with Crippen LogP contribution in [0.15, 0.2) is 28.7 Å². The van der Waals surface area contributed by atoms with Gasteiger partial charge in [-0.3, -0.25) is 4.99 Å². The molecular weight excluding hydrogens is 358 g/mol. The van der Waals surface area contributed by atoms with Crippen LogP contribution < -0.4 is 4.74 Å². The molecule has 0 aliphatic rings. The molecule has 0 amide bonds. The molecule has 0 saturated carbocycles. The molecule has 1 aromatic heterocycles. The molecule has 7 heteroatoms. The summed E-state index contributed by atoms with van der Waals surface area (Å²) in [6, 6.07) is 3.15. The molecule has 26 heavy (non-hydrogen) atoms. The summed E-state index contributed by atoms with van der Waals surface area (Å²) < 4.78 is 33.4. The van der Waals surface area contributed by atoms with E-state index in [1.165, 1.54) is 17.4 Å². The maximum Gasteiger partial charge on any atom is 0.426 e. The van der Waals surface area contributed by atoms with Crippen molar-refractivity contribution in [2.24, 2.45) is 4.99 Å². The second kappa shape index (κ2) is 7.80. The van der Waals surface area contributed by atoms with Crippen LogP contribution in [0.5, 0.6) is 5.75 Å². The van der Waals surface area contributed by atoms with E-state index in [0.717, 1.165) is 43.0 Å². The Labute approximate surface area is 156 Å². The van der Waals surface area contributed by atoms with Gasteiger partial charge in [-0.1, -0.05) is 13.3 Å². The van der Waals surface area contributed by atoms with Crippen molar-refractivity contribution in [1.82, 2.24) is 4.98 Å². The molecule has 2 rings (SSSR count). The van der Waals surface area contributed by atoms with Crippen molar-refractivity contribution in [2.75, 3.05) is 0 Å². The van der Waals surface area contributed by atoms with Crippen molar-refractivity contribution in [1.29, 1.82) is 0 Å². The Kier molecular flexibility index (Phi) is 6.13. The van der Waals surface area contributed by atoms with Crippen LogP contribution in [0.2, 0.25) is 0 Å². The summed E-state index contributed by atoms with van der Waals surface area (Å²) in [5.41, 5.74) is 0.367. The van der Waals surface area contributed by atoms with Crippen molar-refractivity contribution in [3.05, 3.63) is 29.3 Å². The van der Waals surface area contributed by atoms with Gasteiger partial charge in [-0.05, 0) is 51.8 Å². The van der Waals surface area contributed by atoms with Crippen LogP contribution in [0.25, 0.3) is 10.6 Å². The smallest absolute Gasteiger partial charge is 0.426 e. The minimum atomic E-state index is -3.76. The lowest BCUT2D eigenvalue weighted by molar-refractivity contribution is -0.276. The van der Waals surface area contributed by atoms with Crippen LogP contribution >= 0.6 is 11.3 Å². The molecule has 142 valence electrons. The molecule has 0 radical (unpaired) electrons. The van der Waals surface area contributed by atoms with E-state index in [1.807, 2.05) is 26.2 Å². The Bertz CT molecular complexity index is 782. The molecule has 0 fully saturated rings. The second-order valence-corrected chi connectivity index (χ2v) is 7.59. The number of thiazole rings is 1. The first-order valence-corrected chi connectivity index (χ1v) is 9.31. The van der Waals surface area contributed by atoms with E-state index in [-0.39, 0.29) is 5.75 Å². The predicted octanol–water partition coefficient (Wildman–Crippen LogP) is 5.75. The molecule has 0 aliphatic carbocycles. The van der Waals surface area contributed by atoms with Gasteiger partial charge in [0.15, 0.2) is 11.4 Å². The number of rotatable bonds is 7. The summed E-state index contributed by atoms with van der Waals surface area (Å²) in [4.78, 5) is 8.83. The molecule has 0 spiro atoms. The maximum absolute atomic E-state index is 14.3. The fraction of sp³-hybridized carbons (Fsp3) is 0.474. The zero-order valence-electron chi connectivity index (χ0n) is 15.6. The SMILES string of the molecule is CCCC(C)=Nc1c(OC(F)(F)C(C)(C)O)ccc(-c2nccs2)c1C. The molecule has 4 nitrogen and oxygen atoms in total. The van der Waals surface area contributed by atoms with E-state index in [2.05, 4.69) is 9.98 Å². The minimum Gasteiger partial charge on any atom is -0.428 e. The minimum absolute atomic E-state index is 0.0645. The first-order chi connectivity index (χ1) is 12.1. The van der Waals surface area contributed by atoms with Crippen molar-refractivity contribution in [3.8, 4) is 16.3 Å². The van der Waals surface area contributed by atoms with Crippen LogP contribution in [0.4, 0.5) is 14.5 Å². The average molecular weight is 382 g/mol. The van der Waals surface area contributed by atoms with E-state index in [9.17, 15) is 13.9 Å². The van der Waals surface area contributed by atoms with E-state index < -0.39 is 11.7 Å². The third-order valence-corrected chi connectivity index (χ3v) is 4.73. The van der Waals surface area contributed by atoms with Crippen LogP contribution in [0.3, 0.4) is 0 Å². The molecule has 1 aromatic carbocycles. The van der Waals surface area contributed by atoms with Crippen LogP contribution in [0, 0.1) is 6.92 Å². The quantitative estimate of drug-likeness (QED) is 0.620.